The number of fused-ring (bicyclic) bond motifs is 1. The second-order valence-electron chi connectivity index (χ2n) is 8.43. The van der Waals surface area contributed by atoms with E-state index in [2.05, 4.69) is 20.7 Å². The second-order valence-corrected chi connectivity index (χ2v) is 10.5. The van der Waals surface area contributed by atoms with Crippen LogP contribution >= 0.6 is 22.7 Å². The molecule has 0 bridgehead atoms. The molecule has 0 saturated heterocycles. The van der Waals surface area contributed by atoms with Crippen molar-refractivity contribution in [1.82, 2.24) is 19.9 Å². The first-order chi connectivity index (χ1) is 17.0. The molecule has 12 heteroatoms. The Bertz CT molecular complexity index is 1340. The Morgan fingerprint density at radius 2 is 2.00 bits per heavy atom. The van der Waals surface area contributed by atoms with Gasteiger partial charge in [0.25, 0.3) is 0 Å². The second kappa shape index (κ2) is 10.1. The van der Waals surface area contributed by atoms with Gasteiger partial charge >= 0.3 is 0 Å². The summed E-state index contributed by atoms with van der Waals surface area (Å²) in [5.41, 5.74) is 9.31. The molecule has 4 aromatic rings. The Labute approximate surface area is 209 Å². The topological polar surface area (TPSA) is 154 Å². The SMILES string of the molecule is Cc1nc(NCc2cccs2)nc(N[C@@H]2C[C@H](CN=[N+]=N)[C@@H](O)[C@H]2O)c1-c1nc2ccccc2s1. The number of rotatable bonds is 8. The van der Waals surface area contributed by atoms with E-state index in [1.54, 1.807) is 22.7 Å². The molecule has 1 aromatic carbocycles. The molecule has 3 heterocycles. The number of aryl methyl sites for hydroxylation is 1. The van der Waals surface area contributed by atoms with Crippen molar-refractivity contribution in [2.45, 2.75) is 38.1 Å². The van der Waals surface area contributed by atoms with Crippen molar-refractivity contribution in [3.05, 3.63) is 52.3 Å². The minimum absolute atomic E-state index is 0.182. The maximum atomic E-state index is 10.7. The highest BCUT2D eigenvalue weighted by molar-refractivity contribution is 7.21. The molecule has 1 aliphatic carbocycles. The first-order valence-electron chi connectivity index (χ1n) is 11.2. The summed E-state index contributed by atoms with van der Waals surface area (Å²) in [6.07, 6.45) is -1.52. The number of thiophene rings is 1. The van der Waals surface area contributed by atoms with E-state index in [0.29, 0.717) is 24.7 Å². The highest BCUT2D eigenvalue weighted by atomic mass is 32.1. The zero-order chi connectivity index (χ0) is 24.4. The van der Waals surface area contributed by atoms with Crippen molar-refractivity contribution in [2.75, 3.05) is 17.2 Å². The summed E-state index contributed by atoms with van der Waals surface area (Å²) < 4.78 is 1.06. The Kier molecular flexibility index (Phi) is 6.80. The van der Waals surface area contributed by atoms with Gasteiger partial charge in [0.15, 0.2) is 0 Å². The van der Waals surface area contributed by atoms with Gasteiger partial charge in [0, 0.05) is 10.8 Å². The van der Waals surface area contributed by atoms with E-state index in [1.807, 2.05) is 48.7 Å². The zero-order valence-electron chi connectivity index (χ0n) is 18.9. The molecule has 4 atom stereocenters. The van der Waals surface area contributed by atoms with Crippen LogP contribution in [0.4, 0.5) is 11.8 Å². The summed E-state index contributed by atoms with van der Waals surface area (Å²) in [6.45, 7) is 2.70. The molecule has 5 N–H and O–H groups in total. The quantitative estimate of drug-likeness (QED) is 0.179. The third kappa shape index (κ3) is 4.93. The Morgan fingerprint density at radius 3 is 2.77 bits per heavy atom. The van der Waals surface area contributed by atoms with Gasteiger partial charge in [0.05, 0.1) is 40.2 Å². The highest BCUT2D eigenvalue weighted by Gasteiger charge is 2.42. The van der Waals surface area contributed by atoms with Crippen molar-refractivity contribution in [2.24, 2.45) is 11.0 Å². The fourth-order valence-corrected chi connectivity index (χ4v) is 6.05. The molecule has 5 rings (SSSR count). The molecule has 10 nitrogen and oxygen atoms in total. The molecule has 180 valence electrons. The van der Waals surface area contributed by atoms with Gasteiger partial charge in [-0.2, -0.15) is 4.98 Å². The standard InChI is InChI=1S/C23H25N8O2S2/c1-12-18(22-29-15-6-2-3-7-17(15)35-22)21(30-23(27-12)25-11-14-5-4-8-34-14)28-16-9-13(10-26-31-24)19(32)20(16)33/h2-8,13,16,19-20,24,32-33H,9-11H2,1H3,(H2,25,27,28,30)/q+1/t13-,16-,19-,20+/m1/s1. The molecule has 3 aromatic heterocycles. The number of para-hydroxylation sites is 1. The summed E-state index contributed by atoms with van der Waals surface area (Å²) in [7, 11) is 0. The number of hydrogen-bond donors (Lipinski definition) is 5. The molecular formula is C23H25N8O2S2+. The van der Waals surface area contributed by atoms with Crippen LogP contribution in [0.3, 0.4) is 0 Å². The zero-order valence-corrected chi connectivity index (χ0v) is 20.6. The molecule has 1 fully saturated rings. The molecular weight excluding hydrogens is 484 g/mol. The Hall–Kier alpha value is -3.28. The monoisotopic (exact) mass is 509 g/mol. The normalized spacial score (nSPS) is 21.7. The fourth-order valence-electron chi connectivity index (χ4n) is 4.34. The minimum Gasteiger partial charge on any atom is -0.390 e. The predicted molar refractivity (Wildman–Crippen MR) is 137 cm³/mol. The first kappa shape index (κ1) is 23.5. The van der Waals surface area contributed by atoms with Gasteiger partial charge in [-0.15, -0.1) is 22.7 Å². The Balaban J connectivity index is 1.50. The summed E-state index contributed by atoms with van der Waals surface area (Å²) in [5, 5.41) is 34.4. The fraction of sp³-hybridized carbons (Fsp3) is 0.348. The Morgan fingerprint density at radius 1 is 1.14 bits per heavy atom. The van der Waals surface area contributed by atoms with E-state index < -0.39 is 18.2 Å². The molecule has 0 radical (unpaired) electrons. The van der Waals surface area contributed by atoms with Gasteiger partial charge in [-0.1, -0.05) is 18.2 Å². The summed E-state index contributed by atoms with van der Waals surface area (Å²) >= 11 is 3.21. The van der Waals surface area contributed by atoms with Gasteiger partial charge < -0.3 is 20.8 Å². The van der Waals surface area contributed by atoms with Crippen LogP contribution in [0.1, 0.15) is 17.0 Å². The number of nitrogens with zero attached hydrogens (tertiary/aromatic N) is 5. The summed E-state index contributed by atoms with van der Waals surface area (Å²) in [4.78, 5) is 18.5. The lowest BCUT2D eigenvalue weighted by Gasteiger charge is -2.21. The van der Waals surface area contributed by atoms with E-state index in [9.17, 15) is 10.2 Å². The lowest BCUT2D eigenvalue weighted by Crippen LogP contribution is -2.35. The third-order valence-corrected chi connectivity index (χ3v) is 8.04. The molecule has 0 unspecified atom stereocenters. The van der Waals surface area contributed by atoms with E-state index in [1.165, 1.54) is 0 Å². The number of nitrogens with one attached hydrogen (secondary N) is 3. The first-order valence-corrected chi connectivity index (χ1v) is 12.9. The molecule has 1 aliphatic rings. The maximum absolute atomic E-state index is 10.7. The number of thiazole rings is 1. The van der Waals surface area contributed by atoms with Crippen LogP contribution in [0, 0.1) is 18.4 Å². The van der Waals surface area contributed by atoms with Gasteiger partial charge in [-0.05, 0) is 36.9 Å². The molecule has 1 saturated carbocycles. The van der Waals surface area contributed by atoms with Crippen molar-refractivity contribution in [3.8, 4) is 10.6 Å². The van der Waals surface area contributed by atoms with Gasteiger partial charge in [0.2, 0.25) is 10.9 Å². The molecule has 0 spiro atoms. The number of aliphatic hydroxyl groups is 2. The van der Waals surface area contributed by atoms with Crippen LogP contribution < -0.4 is 15.5 Å². The molecule has 0 aliphatic heterocycles. The number of anilines is 2. The average molecular weight is 510 g/mol. The van der Waals surface area contributed by atoms with Gasteiger partial charge in [0.1, 0.15) is 34.1 Å². The van der Waals surface area contributed by atoms with Crippen LogP contribution in [-0.4, -0.2) is 50.0 Å². The summed E-state index contributed by atoms with van der Waals surface area (Å²) in [6, 6.07) is 11.5. The van der Waals surface area contributed by atoms with Crippen molar-refractivity contribution < 1.29 is 10.2 Å². The molecule has 35 heavy (non-hydrogen) atoms. The highest BCUT2D eigenvalue weighted by Crippen LogP contribution is 2.38. The smallest absolute Gasteiger partial charge is 0.225 e. The van der Waals surface area contributed by atoms with E-state index in [4.69, 9.17) is 20.5 Å². The number of benzene rings is 1. The van der Waals surface area contributed by atoms with Crippen LogP contribution in [0.2, 0.25) is 0 Å². The van der Waals surface area contributed by atoms with E-state index in [-0.39, 0.29) is 12.5 Å². The maximum Gasteiger partial charge on any atom is 0.225 e. The van der Waals surface area contributed by atoms with Crippen LogP contribution in [0.25, 0.3) is 20.8 Å². The van der Waals surface area contributed by atoms with Crippen molar-refractivity contribution >= 4 is 44.7 Å². The summed E-state index contributed by atoms with van der Waals surface area (Å²) in [5.74, 6) is 0.710. The number of hydrogen-bond acceptors (Lipinski definition) is 11. The van der Waals surface area contributed by atoms with Gasteiger partial charge in [-0.3, -0.25) is 0 Å². The van der Waals surface area contributed by atoms with Crippen LogP contribution in [0.15, 0.2) is 46.9 Å². The lowest BCUT2D eigenvalue weighted by atomic mass is 10.1. The van der Waals surface area contributed by atoms with Crippen molar-refractivity contribution in [3.63, 3.8) is 0 Å². The molecule has 0 amide bonds. The third-order valence-electron chi connectivity index (χ3n) is 6.11. The van der Waals surface area contributed by atoms with Crippen LogP contribution in [-0.2, 0) is 6.54 Å². The van der Waals surface area contributed by atoms with Crippen molar-refractivity contribution in [1.29, 1.82) is 5.53 Å². The minimum atomic E-state index is -1.01. The number of aliphatic hydroxyl groups excluding tert-OH is 2. The number of aromatic nitrogens is 3. The van der Waals surface area contributed by atoms with E-state index in [0.717, 1.165) is 31.4 Å². The largest absolute Gasteiger partial charge is 0.390 e. The average Bonchev–Trinajstić information content (AvgIpc) is 3.58. The lowest BCUT2D eigenvalue weighted by molar-refractivity contribution is 0.0189. The van der Waals surface area contributed by atoms with Crippen LogP contribution in [0.5, 0.6) is 0 Å². The predicted octanol–water partition coefficient (Wildman–Crippen LogP) is 3.81. The van der Waals surface area contributed by atoms with E-state index >= 15 is 0 Å². The van der Waals surface area contributed by atoms with Gasteiger partial charge in [-0.25, -0.2) is 9.97 Å².